The van der Waals surface area contributed by atoms with Crippen LogP contribution in [0.25, 0.3) is 0 Å². The minimum absolute atomic E-state index is 0.368. The van der Waals surface area contributed by atoms with Gasteiger partial charge in [0.15, 0.2) is 5.16 Å². The first-order chi connectivity index (χ1) is 13.9. The molecule has 3 heterocycles. The van der Waals surface area contributed by atoms with Crippen molar-refractivity contribution in [3.63, 3.8) is 0 Å². The van der Waals surface area contributed by atoms with Crippen LogP contribution in [0.1, 0.15) is 12.8 Å². The van der Waals surface area contributed by atoms with E-state index in [4.69, 9.17) is 4.74 Å². The first-order valence-electron chi connectivity index (χ1n) is 10.0. The summed E-state index contributed by atoms with van der Waals surface area (Å²) in [6, 6.07) is 5.23. The molecule has 156 valence electrons. The van der Waals surface area contributed by atoms with Gasteiger partial charge in [-0.05, 0) is 42.9 Å². The number of ether oxygens (including phenoxy) is 1. The molecule has 1 saturated carbocycles. The van der Waals surface area contributed by atoms with Crippen molar-refractivity contribution in [3.8, 4) is 5.75 Å². The molecule has 7 nitrogen and oxygen atoms in total. The van der Waals surface area contributed by atoms with Gasteiger partial charge in [-0.25, -0.2) is 13.4 Å². The number of fused-ring (bicyclic) bond motifs is 2. The average Bonchev–Trinajstić information content (AvgIpc) is 3.38. The molecule has 2 aromatic rings. The molecular weight excluding hydrogens is 408 g/mol. The van der Waals surface area contributed by atoms with Crippen LogP contribution in [0, 0.1) is 11.8 Å². The smallest absolute Gasteiger partial charge is 0.243 e. The molecule has 0 N–H and O–H groups in total. The third-order valence-corrected chi connectivity index (χ3v) is 9.54. The van der Waals surface area contributed by atoms with Gasteiger partial charge < -0.3 is 14.2 Å². The summed E-state index contributed by atoms with van der Waals surface area (Å²) in [5.74, 6) is 1.63. The van der Waals surface area contributed by atoms with Crippen molar-refractivity contribution in [2.75, 3.05) is 38.2 Å². The zero-order chi connectivity index (χ0) is 20.2. The molecule has 1 aromatic carbocycles. The number of imidazole rings is 1. The maximum absolute atomic E-state index is 13.3. The lowest BCUT2D eigenvalue weighted by Crippen LogP contribution is -2.32. The number of thioether (sulfide) groups is 1. The van der Waals surface area contributed by atoms with Gasteiger partial charge in [0.25, 0.3) is 0 Å². The van der Waals surface area contributed by atoms with E-state index in [0.29, 0.717) is 41.7 Å². The fraction of sp³-hybridized carbons (Fsp3) is 0.550. The van der Waals surface area contributed by atoms with E-state index >= 15 is 0 Å². The number of nitrogens with zero attached hydrogens (tertiary/aromatic N) is 4. The van der Waals surface area contributed by atoms with Crippen LogP contribution in [0.3, 0.4) is 0 Å². The first kappa shape index (κ1) is 19.3. The second-order valence-corrected chi connectivity index (χ2v) is 11.5. The third kappa shape index (κ3) is 3.43. The number of sulfonamides is 1. The van der Waals surface area contributed by atoms with Gasteiger partial charge in [-0.2, -0.15) is 4.31 Å². The van der Waals surface area contributed by atoms with Crippen molar-refractivity contribution in [3.05, 3.63) is 30.6 Å². The molecule has 0 bridgehead atoms. The molecule has 2 aliphatic heterocycles. The van der Waals surface area contributed by atoms with Crippen LogP contribution in [0.4, 0.5) is 5.69 Å². The van der Waals surface area contributed by atoms with E-state index in [-0.39, 0.29) is 0 Å². The van der Waals surface area contributed by atoms with E-state index < -0.39 is 10.0 Å². The minimum atomic E-state index is -3.48. The predicted octanol–water partition coefficient (Wildman–Crippen LogP) is 2.44. The number of hydrogen-bond donors (Lipinski definition) is 0. The van der Waals surface area contributed by atoms with Crippen LogP contribution >= 0.6 is 11.8 Å². The minimum Gasteiger partial charge on any atom is -0.490 e. The molecule has 0 amide bonds. The summed E-state index contributed by atoms with van der Waals surface area (Å²) >= 11 is 1.83. The zero-order valence-corrected chi connectivity index (χ0v) is 18.3. The summed E-state index contributed by atoms with van der Waals surface area (Å²) < 4.78 is 36.0. The highest BCUT2D eigenvalue weighted by atomic mass is 32.2. The Labute approximate surface area is 176 Å². The molecule has 0 radical (unpaired) electrons. The third-order valence-electron chi connectivity index (χ3n) is 6.39. The largest absolute Gasteiger partial charge is 0.490 e. The zero-order valence-electron chi connectivity index (χ0n) is 16.7. The highest BCUT2D eigenvalue weighted by Gasteiger charge is 2.45. The van der Waals surface area contributed by atoms with Crippen LogP contribution in [0.2, 0.25) is 0 Å². The van der Waals surface area contributed by atoms with Crippen LogP contribution in [-0.4, -0.2) is 60.8 Å². The Morgan fingerprint density at radius 2 is 1.93 bits per heavy atom. The lowest BCUT2D eigenvalue weighted by Gasteiger charge is -2.28. The molecule has 2 fully saturated rings. The van der Waals surface area contributed by atoms with E-state index in [1.54, 1.807) is 22.5 Å². The normalized spacial score (nSPS) is 27.0. The van der Waals surface area contributed by atoms with Gasteiger partial charge in [0.2, 0.25) is 10.0 Å². The van der Waals surface area contributed by atoms with Crippen LogP contribution in [-0.2, 0) is 17.1 Å². The fourth-order valence-electron chi connectivity index (χ4n) is 4.75. The lowest BCUT2D eigenvalue weighted by atomic mass is 10.0. The molecule has 0 unspecified atom stereocenters. The fourth-order valence-corrected chi connectivity index (χ4v) is 7.66. The van der Waals surface area contributed by atoms with Crippen molar-refractivity contribution in [1.29, 1.82) is 0 Å². The number of anilines is 1. The van der Waals surface area contributed by atoms with Crippen molar-refractivity contribution >= 4 is 27.5 Å². The Morgan fingerprint density at radius 1 is 1.17 bits per heavy atom. The topological polar surface area (TPSA) is 67.7 Å². The van der Waals surface area contributed by atoms with E-state index in [9.17, 15) is 8.42 Å². The molecular formula is C20H26N4O3S2. The molecule has 1 aliphatic carbocycles. The van der Waals surface area contributed by atoms with Crippen molar-refractivity contribution in [2.24, 2.45) is 18.9 Å². The predicted molar refractivity (Wildman–Crippen MR) is 113 cm³/mol. The summed E-state index contributed by atoms with van der Waals surface area (Å²) in [4.78, 5) is 6.83. The second-order valence-electron chi connectivity index (χ2n) is 8.27. The Hall–Kier alpha value is -1.71. The van der Waals surface area contributed by atoms with Gasteiger partial charge >= 0.3 is 0 Å². The highest BCUT2D eigenvalue weighted by Crippen LogP contribution is 2.46. The number of rotatable bonds is 4. The monoisotopic (exact) mass is 434 g/mol. The highest BCUT2D eigenvalue weighted by molar-refractivity contribution is 7.99. The van der Waals surface area contributed by atoms with Gasteiger partial charge in [-0.15, -0.1) is 0 Å². The summed E-state index contributed by atoms with van der Waals surface area (Å²) in [6.07, 6.45) is 5.89. The second kappa shape index (κ2) is 7.21. The van der Waals surface area contributed by atoms with Crippen LogP contribution < -0.4 is 9.64 Å². The molecule has 29 heavy (non-hydrogen) atoms. The van der Waals surface area contributed by atoms with Crippen molar-refractivity contribution in [2.45, 2.75) is 28.1 Å². The molecule has 9 heteroatoms. The number of aromatic nitrogens is 2. The lowest BCUT2D eigenvalue weighted by molar-refractivity contribution is 0.311. The van der Waals surface area contributed by atoms with Gasteiger partial charge in [0.05, 0.1) is 17.1 Å². The van der Waals surface area contributed by atoms with Crippen LogP contribution in [0.5, 0.6) is 5.75 Å². The standard InChI is InChI=1S/C20H26N4O3S2/c1-22-7-8-27-19-4-3-17(11-18(19)22)29(25,26)24-12-14-9-16(10-15(14)13-24)28-20-21-5-6-23(20)2/h3-6,11,14-16H,7-10,12-13H2,1-2H3/t14-,15+,16+. The van der Waals surface area contributed by atoms with Crippen molar-refractivity contribution < 1.29 is 13.2 Å². The molecule has 3 aliphatic rings. The van der Waals surface area contributed by atoms with E-state index in [0.717, 1.165) is 36.0 Å². The van der Waals surface area contributed by atoms with Crippen LogP contribution in [0.15, 0.2) is 40.6 Å². The Kier molecular flexibility index (Phi) is 4.79. The number of benzene rings is 1. The summed E-state index contributed by atoms with van der Waals surface area (Å²) in [5.41, 5.74) is 0.850. The Morgan fingerprint density at radius 3 is 2.62 bits per heavy atom. The maximum Gasteiger partial charge on any atom is 0.243 e. The maximum atomic E-state index is 13.3. The summed E-state index contributed by atoms with van der Waals surface area (Å²) in [7, 11) is 0.500. The van der Waals surface area contributed by atoms with E-state index in [1.165, 1.54) is 0 Å². The molecule has 5 rings (SSSR count). The summed E-state index contributed by atoms with van der Waals surface area (Å²) in [6.45, 7) is 2.63. The molecule has 1 aromatic heterocycles. The molecule has 0 spiro atoms. The quantitative estimate of drug-likeness (QED) is 0.736. The molecule has 3 atom stereocenters. The van der Waals surface area contributed by atoms with Gasteiger partial charge in [-0.1, -0.05) is 11.8 Å². The number of likely N-dealkylation sites (N-methyl/N-ethyl adjacent to an activating group) is 1. The Bertz CT molecular complexity index is 1010. The van der Waals surface area contributed by atoms with Crippen molar-refractivity contribution in [1.82, 2.24) is 13.9 Å². The summed E-state index contributed by atoms with van der Waals surface area (Å²) in [5, 5.41) is 1.56. The average molecular weight is 435 g/mol. The van der Waals surface area contributed by atoms with E-state index in [2.05, 4.69) is 9.88 Å². The van der Waals surface area contributed by atoms with Gasteiger partial charge in [0.1, 0.15) is 12.4 Å². The van der Waals surface area contributed by atoms with E-state index in [1.807, 2.05) is 42.8 Å². The SMILES string of the molecule is CN1CCOc2ccc(S(=O)(=O)N3C[C@H]4C[C@H](Sc5nccn5C)C[C@H]4C3)cc21. The number of hydrogen-bond acceptors (Lipinski definition) is 6. The Balaban J connectivity index is 1.29. The molecule has 1 saturated heterocycles. The first-order valence-corrected chi connectivity index (χ1v) is 12.4. The number of aryl methyl sites for hydroxylation is 1. The van der Waals surface area contributed by atoms with Gasteiger partial charge in [-0.3, -0.25) is 0 Å². The van der Waals surface area contributed by atoms with Gasteiger partial charge in [0, 0.05) is 44.8 Å².